The zero-order valence-corrected chi connectivity index (χ0v) is 8.63. The second-order valence-corrected chi connectivity index (χ2v) is 4.08. The number of aryl methyl sites for hydroxylation is 2. The Kier molecular flexibility index (Phi) is 2.16. The molecule has 2 nitrogen and oxygen atoms in total. The predicted molar refractivity (Wildman–Crippen MR) is 52.7 cm³/mol. The van der Waals surface area contributed by atoms with Crippen LogP contribution in [0.2, 0.25) is 0 Å². The molecule has 1 saturated carbocycles. The van der Waals surface area contributed by atoms with Gasteiger partial charge in [0.05, 0.1) is 0 Å². The first kappa shape index (κ1) is 8.82. The summed E-state index contributed by atoms with van der Waals surface area (Å²) in [4.78, 5) is 2.41. The Morgan fingerprint density at radius 1 is 1.46 bits per heavy atom. The number of hydrogen-bond donors (Lipinski definition) is 0. The van der Waals surface area contributed by atoms with E-state index in [0.717, 1.165) is 24.1 Å². The second-order valence-electron chi connectivity index (χ2n) is 4.08. The first-order chi connectivity index (χ1) is 6.16. The van der Waals surface area contributed by atoms with Gasteiger partial charge in [-0.2, -0.15) is 0 Å². The molecule has 0 unspecified atom stereocenters. The molecule has 1 aromatic heterocycles. The van der Waals surface area contributed by atoms with Crippen LogP contribution in [0.1, 0.15) is 29.9 Å². The van der Waals surface area contributed by atoms with Crippen LogP contribution in [0.3, 0.4) is 0 Å². The van der Waals surface area contributed by atoms with Gasteiger partial charge in [0.2, 0.25) is 0 Å². The van der Waals surface area contributed by atoms with E-state index < -0.39 is 0 Å². The van der Waals surface area contributed by atoms with E-state index in [2.05, 4.69) is 18.0 Å². The van der Waals surface area contributed by atoms with E-state index in [9.17, 15) is 0 Å². The van der Waals surface area contributed by atoms with E-state index >= 15 is 0 Å². The van der Waals surface area contributed by atoms with Gasteiger partial charge in [0.1, 0.15) is 11.5 Å². The Morgan fingerprint density at radius 2 is 2.15 bits per heavy atom. The van der Waals surface area contributed by atoms with Crippen molar-refractivity contribution in [3.05, 3.63) is 23.2 Å². The predicted octanol–water partition coefficient (Wildman–Crippen LogP) is 2.49. The van der Waals surface area contributed by atoms with Crippen molar-refractivity contribution in [2.24, 2.45) is 0 Å². The highest BCUT2D eigenvalue weighted by Crippen LogP contribution is 2.27. The van der Waals surface area contributed by atoms with Gasteiger partial charge in [-0.15, -0.1) is 0 Å². The summed E-state index contributed by atoms with van der Waals surface area (Å²) in [5.74, 6) is 2.10. The van der Waals surface area contributed by atoms with Crippen molar-refractivity contribution < 1.29 is 4.42 Å². The normalized spacial score (nSPS) is 16.9. The van der Waals surface area contributed by atoms with E-state index in [4.69, 9.17) is 4.42 Å². The number of rotatable bonds is 3. The van der Waals surface area contributed by atoms with Crippen LogP contribution in [0, 0.1) is 13.8 Å². The third-order valence-electron chi connectivity index (χ3n) is 2.73. The average molecular weight is 179 g/mol. The first-order valence-corrected chi connectivity index (χ1v) is 4.93. The van der Waals surface area contributed by atoms with E-state index in [1.165, 1.54) is 18.4 Å². The van der Waals surface area contributed by atoms with Crippen LogP contribution in [0.5, 0.6) is 0 Å². The lowest BCUT2D eigenvalue weighted by atomic mass is 10.2. The van der Waals surface area contributed by atoms with Gasteiger partial charge in [0.25, 0.3) is 0 Å². The summed E-state index contributed by atoms with van der Waals surface area (Å²) in [6, 6.07) is 2.98. The zero-order valence-electron chi connectivity index (χ0n) is 8.63. The van der Waals surface area contributed by atoms with E-state index in [0.29, 0.717) is 0 Å². The molecule has 0 saturated heterocycles. The van der Waals surface area contributed by atoms with Crippen molar-refractivity contribution in [1.29, 1.82) is 0 Å². The van der Waals surface area contributed by atoms with Gasteiger partial charge in [-0.1, -0.05) is 0 Å². The van der Waals surface area contributed by atoms with Crippen LogP contribution < -0.4 is 0 Å². The summed E-state index contributed by atoms with van der Waals surface area (Å²) in [7, 11) is 2.19. The quantitative estimate of drug-likeness (QED) is 0.708. The molecule has 72 valence electrons. The summed E-state index contributed by atoms with van der Waals surface area (Å²) >= 11 is 0. The van der Waals surface area contributed by atoms with E-state index in [1.807, 2.05) is 13.8 Å². The summed E-state index contributed by atoms with van der Waals surface area (Å²) in [6.07, 6.45) is 2.73. The molecule has 0 atom stereocenters. The fourth-order valence-corrected chi connectivity index (χ4v) is 1.75. The number of furan rings is 1. The van der Waals surface area contributed by atoms with Crippen molar-refractivity contribution >= 4 is 0 Å². The van der Waals surface area contributed by atoms with Gasteiger partial charge < -0.3 is 4.42 Å². The van der Waals surface area contributed by atoms with E-state index in [-0.39, 0.29) is 0 Å². The molecule has 1 aromatic rings. The van der Waals surface area contributed by atoms with Crippen molar-refractivity contribution in [1.82, 2.24) is 4.90 Å². The van der Waals surface area contributed by atoms with Crippen molar-refractivity contribution in [3.8, 4) is 0 Å². The number of nitrogens with zero attached hydrogens (tertiary/aromatic N) is 1. The molecule has 2 rings (SSSR count). The highest BCUT2D eigenvalue weighted by Gasteiger charge is 2.26. The molecule has 1 heterocycles. The molecule has 1 aliphatic carbocycles. The lowest BCUT2D eigenvalue weighted by Crippen LogP contribution is -2.19. The fraction of sp³-hybridized carbons (Fsp3) is 0.636. The zero-order chi connectivity index (χ0) is 9.42. The third kappa shape index (κ3) is 1.94. The maximum absolute atomic E-state index is 5.49. The third-order valence-corrected chi connectivity index (χ3v) is 2.73. The minimum absolute atomic E-state index is 0.828. The molecular weight excluding hydrogens is 162 g/mol. The van der Waals surface area contributed by atoms with Gasteiger partial charge in [-0.25, -0.2) is 0 Å². The Hall–Kier alpha value is -0.760. The molecule has 2 heteroatoms. The van der Waals surface area contributed by atoms with Gasteiger partial charge >= 0.3 is 0 Å². The molecular formula is C11H17NO. The van der Waals surface area contributed by atoms with Crippen LogP contribution >= 0.6 is 0 Å². The molecule has 0 radical (unpaired) electrons. The minimum Gasteiger partial charge on any atom is -0.466 e. The monoisotopic (exact) mass is 179 g/mol. The fourth-order valence-electron chi connectivity index (χ4n) is 1.75. The average Bonchev–Trinajstić information content (AvgIpc) is 2.81. The number of hydrogen-bond acceptors (Lipinski definition) is 2. The molecule has 0 bridgehead atoms. The van der Waals surface area contributed by atoms with Crippen molar-refractivity contribution in [2.45, 2.75) is 39.3 Å². The molecule has 1 fully saturated rings. The van der Waals surface area contributed by atoms with Crippen LogP contribution in [-0.4, -0.2) is 18.0 Å². The molecule has 13 heavy (non-hydrogen) atoms. The molecule has 1 aliphatic rings. The first-order valence-electron chi connectivity index (χ1n) is 4.93. The summed E-state index contributed by atoms with van der Waals surface area (Å²) in [5, 5.41) is 0. The summed E-state index contributed by atoms with van der Waals surface area (Å²) in [6.45, 7) is 5.09. The Morgan fingerprint density at radius 3 is 2.62 bits per heavy atom. The van der Waals surface area contributed by atoms with Crippen LogP contribution in [0.25, 0.3) is 0 Å². The topological polar surface area (TPSA) is 16.4 Å². The van der Waals surface area contributed by atoms with Crippen molar-refractivity contribution in [3.63, 3.8) is 0 Å². The Labute approximate surface area is 79.5 Å². The molecule has 0 spiro atoms. The highest BCUT2D eigenvalue weighted by atomic mass is 16.3. The van der Waals surface area contributed by atoms with Crippen molar-refractivity contribution in [2.75, 3.05) is 7.05 Å². The lowest BCUT2D eigenvalue weighted by Gasteiger charge is -2.14. The minimum atomic E-state index is 0.828. The van der Waals surface area contributed by atoms with Crippen LogP contribution in [0.4, 0.5) is 0 Å². The summed E-state index contributed by atoms with van der Waals surface area (Å²) < 4.78 is 5.49. The SMILES string of the molecule is Cc1cc(CN(C)C2CC2)c(C)o1. The molecule has 0 amide bonds. The molecule has 0 N–H and O–H groups in total. The second kappa shape index (κ2) is 3.18. The maximum atomic E-state index is 5.49. The smallest absolute Gasteiger partial charge is 0.105 e. The Bertz CT molecular complexity index is 299. The molecule has 0 aliphatic heterocycles. The van der Waals surface area contributed by atoms with Crippen LogP contribution in [-0.2, 0) is 6.54 Å². The largest absolute Gasteiger partial charge is 0.466 e. The molecule has 0 aromatic carbocycles. The van der Waals surface area contributed by atoms with Gasteiger partial charge in [0.15, 0.2) is 0 Å². The lowest BCUT2D eigenvalue weighted by molar-refractivity contribution is 0.314. The maximum Gasteiger partial charge on any atom is 0.105 e. The van der Waals surface area contributed by atoms with Gasteiger partial charge in [-0.05, 0) is 39.8 Å². The van der Waals surface area contributed by atoms with Crippen LogP contribution in [0.15, 0.2) is 10.5 Å². The van der Waals surface area contributed by atoms with Gasteiger partial charge in [-0.3, -0.25) is 4.90 Å². The van der Waals surface area contributed by atoms with Gasteiger partial charge in [0, 0.05) is 18.2 Å². The highest BCUT2D eigenvalue weighted by molar-refractivity contribution is 5.20. The van der Waals surface area contributed by atoms with E-state index in [1.54, 1.807) is 0 Å². The summed E-state index contributed by atoms with van der Waals surface area (Å²) in [5.41, 5.74) is 1.34. The Balaban J connectivity index is 2.03. The standard InChI is InChI=1S/C11H17NO/c1-8-6-10(9(2)13-8)7-12(3)11-4-5-11/h6,11H,4-5,7H2,1-3H3.